The number of rotatable bonds is 5. The Bertz CT molecular complexity index is 544. The number of halogens is 1. The summed E-state index contributed by atoms with van der Waals surface area (Å²) in [6, 6.07) is 3.96. The van der Waals surface area contributed by atoms with E-state index in [2.05, 4.69) is 5.32 Å². The molecular weight excluding hydrogens is 277 g/mol. The Morgan fingerprint density at radius 3 is 2.86 bits per heavy atom. The largest absolute Gasteiger partial charge is 0.496 e. The van der Waals surface area contributed by atoms with Crippen molar-refractivity contribution < 1.29 is 18.7 Å². The molecule has 3 N–H and O–H groups in total. The lowest BCUT2D eigenvalue weighted by Crippen LogP contribution is -2.46. The van der Waals surface area contributed by atoms with Crippen LogP contribution in [0.2, 0.25) is 0 Å². The highest BCUT2D eigenvalue weighted by Crippen LogP contribution is 2.24. The topological polar surface area (TPSA) is 84.7 Å². The zero-order valence-corrected chi connectivity index (χ0v) is 11.8. The van der Waals surface area contributed by atoms with Crippen LogP contribution in [0, 0.1) is 5.82 Å². The average Bonchev–Trinajstić information content (AvgIpc) is 2.97. The summed E-state index contributed by atoms with van der Waals surface area (Å²) in [5.41, 5.74) is 5.03. The van der Waals surface area contributed by atoms with Crippen LogP contribution in [0.5, 0.6) is 5.75 Å². The minimum Gasteiger partial charge on any atom is -0.496 e. The van der Waals surface area contributed by atoms with Gasteiger partial charge in [-0.2, -0.15) is 0 Å². The second-order valence-electron chi connectivity index (χ2n) is 4.86. The van der Waals surface area contributed by atoms with E-state index in [0.717, 1.165) is 6.54 Å². The van der Waals surface area contributed by atoms with Gasteiger partial charge in [-0.25, -0.2) is 4.39 Å². The number of ether oxygens (including phenoxy) is 1. The molecule has 1 unspecified atom stereocenters. The monoisotopic (exact) mass is 295 g/mol. The number of carbonyl (C=O) groups excluding carboxylic acids is 2. The first kappa shape index (κ1) is 15.2. The molecule has 1 heterocycles. The quantitative estimate of drug-likeness (QED) is 0.808. The number of primary amides is 1. The van der Waals surface area contributed by atoms with E-state index in [9.17, 15) is 14.0 Å². The fourth-order valence-electron chi connectivity index (χ4n) is 2.47. The van der Waals surface area contributed by atoms with Gasteiger partial charge in [0, 0.05) is 12.6 Å². The molecule has 2 rings (SSSR count). The van der Waals surface area contributed by atoms with Crippen molar-refractivity contribution in [1.82, 2.24) is 10.2 Å². The van der Waals surface area contributed by atoms with Gasteiger partial charge in [-0.3, -0.25) is 9.59 Å². The summed E-state index contributed by atoms with van der Waals surface area (Å²) in [7, 11) is 1.36. The van der Waals surface area contributed by atoms with Crippen molar-refractivity contribution >= 4 is 11.8 Å². The lowest BCUT2D eigenvalue weighted by atomic mass is 10.1. The summed E-state index contributed by atoms with van der Waals surface area (Å²) in [5, 5.41) is 3.10. The number of carbonyl (C=O) groups is 2. The van der Waals surface area contributed by atoms with Crippen molar-refractivity contribution in [2.24, 2.45) is 5.73 Å². The van der Waals surface area contributed by atoms with Crippen molar-refractivity contribution in [3.8, 4) is 5.75 Å². The molecule has 2 amide bonds. The first-order valence-corrected chi connectivity index (χ1v) is 6.67. The summed E-state index contributed by atoms with van der Waals surface area (Å²) >= 11 is 0. The van der Waals surface area contributed by atoms with Gasteiger partial charge in [0.1, 0.15) is 17.1 Å². The van der Waals surface area contributed by atoms with Gasteiger partial charge < -0.3 is 20.7 Å². The Morgan fingerprint density at radius 2 is 2.29 bits per heavy atom. The predicted molar refractivity (Wildman–Crippen MR) is 74.5 cm³/mol. The highest BCUT2D eigenvalue weighted by Gasteiger charge is 2.31. The van der Waals surface area contributed by atoms with Gasteiger partial charge in [-0.15, -0.1) is 0 Å². The number of nitrogens with zero attached hydrogens (tertiary/aromatic N) is 1. The molecule has 0 radical (unpaired) electrons. The van der Waals surface area contributed by atoms with Crippen LogP contribution in [-0.4, -0.2) is 49.5 Å². The first-order chi connectivity index (χ1) is 10.0. The van der Waals surface area contributed by atoms with Crippen LogP contribution in [0.4, 0.5) is 4.39 Å². The van der Waals surface area contributed by atoms with Crippen LogP contribution in [0.15, 0.2) is 18.2 Å². The number of hydrogen-bond acceptors (Lipinski definition) is 4. The maximum atomic E-state index is 14.0. The maximum Gasteiger partial charge on any atom is 0.261 e. The zero-order valence-electron chi connectivity index (χ0n) is 11.8. The van der Waals surface area contributed by atoms with E-state index >= 15 is 0 Å². The summed E-state index contributed by atoms with van der Waals surface area (Å²) in [6.07, 6.45) is 0.690. The first-order valence-electron chi connectivity index (χ1n) is 6.67. The SMILES string of the molecule is COc1cccc(F)c1C(=O)N(CC(N)=O)C1CCNC1. The van der Waals surface area contributed by atoms with Crippen molar-refractivity contribution in [3.05, 3.63) is 29.6 Å². The van der Waals surface area contributed by atoms with E-state index in [0.29, 0.717) is 13.0 Å². The van der Waals surface area contributed by atoms with E-state index in [1.807, 2.05) is 0 Å². The fourth-order valence-corrected chi connectivity index (χ4v) is 2.47. The van der Waals surface area contributed by atoms with Crippen LogP contribution in [0.1, 0.15) is 16.8 Å². The van der Waals surface area contributed by atoms with E-state index in [4.69, 9.17) is 10.5 Å². The third-order valence-electron chi connectivity index (χ3n) is 3.47. The Kier molecular flexibility index (Phi) is 4.74. The second-order valence-corrected chi connectivity index (χ2v) is 4.86. The van der Waals surface area contributed by atoms with Gasteiger partial charge >= 0.3 is 0 Å². The zero-order chi connectivity index (χ0) is 15.4. The van der Waals surface area contributed by atoms with Crippen molar-refractivity contribution in [1.29, 1.82) is 0 Å². The average molecular weight is 295 g/mol. The van der Waals surface area contributed by atoms with Gasteiger partial charge in [-0.1, -0.05) is 6.07 Å². The molecule has 1 saturated heterocycles. The van der Waals surface area contributed by atoms with Crippen LogP contribution in [-0.2, 0) is 4.79 Å². The second kappa shape index (κ2) is 6.53. The number of hydrogen-bond donors (Lipinski definition) is 2. The molecule has 114 valence electrons. The smallest absolute Gasteiger partial charge is 0.261 e. The molecule has 1 aromatic carbocycles. The normalized spacial score (nSPS) is 17.5. The minimum atomic E-state index is -0.681. The molecule has 1 atom stereocenters. The molecule has 0 aromatic heterocycles. The molecule has 7 heteroatoms. The van der Waals surface area contributed by atoms with E-state index in [-0.39, 0.29) is 23.9 Å². The molecule has 1 aliphatic heterocycles. The standard InChI is InChI=1S/C14H18FN3O3/c1-21-11-4-2-3-10(15)13(11)14(20)18(8-12(16)19)9-5-6-17-7-9/h2-4,9,17H,5-8H2,1H3,(H2,16,19). The number of methoxy groups -OCH3 is 1. The van der Waals surface area contributed by atoms with Gasteiger partial charge in [0.2, 0.25) is 5.91 Å². The molecule has 1 aliphatic rings. The summed E-state index contributed by atoms with van der Waals surface area (Å²) in [4.78, 5) is 25.2. The Labute approximate surface area is 122 Å². The minimum absolute atomic E-state index is 0.139. The third-order valence-corrected chi connectivity index (χ3v) is 3.47. The lowest BCUT2D eigenvalue weighted by Gasteiger charge is -2.28. The van der Waals surface area contributed by atoms with Crippen LogP contribution in [0.3, 0.4) is 0 Å². The Hall–Kier alpha value is -2.15. The van der Waals surface area contributed by atoms with Crippen LogP contribution in [0.25, 0.3) is 0 Å². The summed E-state index contributed by atoms with van der Waals surface area (Å²) in [5.74, 6) is -1.76. The van der Waals surface area contributed by atoms with Crippen molar-refractivity contribution in [2.75, 3.05) is 26.7 Å². The molecular formula is C14H18FN3O3. The molecule has 6 nitrogen and oxygen atoms in total. The number of nitrogens with two attached hydrogens (primary N) is 1. The third kappa shape index (κ3) is 3.30. The number of nitrogens with one attached hydrogen (secondary N) is 1. The van der Waals surface area contributed by atoms with Gasteiger partial charge in [0.25, 0.3) is 5.91 Å². The van der Waals surface area contributed by atoms with Crippen molar-refractivity contribution in [3.63, 3.8) is 0 Å². The Morgan fingerprint density at radius 1 is 1.52 bits per heavy atom. The molecule has 0 spiro atoms. The van der Waals surface area contributed by atoms with Gasteiger partial charge in [0.05, 0.1) is 13.7 Å². The van der Waals surface area contributed by atoms with E-state index < -0.39 is 17.6 Å². The predicted octanol–water partition coefficient (Wildman–Crippen LogP) is 0.124. The molecule has 21 heavy (non-hydrogen) atoms. The molecule has 1 aromatic rings. The van der Waals surface area contributed by atoms with Crippen LogP contribution >= 0.6 is 0 Å². The fraction of sp³-hybridized carbons (Fsp3) is 0.429. The van der Waals surface area contributed by atoms with Gasteiger partial charge in [0.15, 0.2) is 0 Å². The van der Waals surface area contributed by atoms with E-state index in [1.165, 1.54) is 30.2 Å². The van der Waals surface area contributed by atoms with Crippen LogP contribution < -0.4 is 15.8 Å². The molecule has 0 bridgehead atoms. The maximum absolute atomic E-state index is 14.0. The molecule has 0 aliphatic carbocycles. The van der Waals surface area contributed by atoms with Crippen molar-refractivity contribution in [2.45, 2.75) is 12.5 Å². The summed E-state index contributed by atoms with van der Waals surface area (Å²) in [6.45, 7) is 1.04. The summed E-state index contributed by atoms with van der Waals surface area (Å²) < 4.78 is 19.1. The number of benzene rings is 1. The number of amides is 2. The highest BCUT2D eigenvalue weighted by atomic mass is 19.1. The Balaban J connectivity index is 2.35. The van der Waals surface area contributed by atoms with Gasteiger partial charge in [-0.05, 0) is 25.1 Å². The van der Waals surface area contributed by atoms with E-state index in [1.54, 1.807) is 0 Å². The highest BCUT2D eigenvalue weighted by molar-refractivity contribution is 5.99. The lowest BCUT2D eigenvalue weighted by molar-refractivity contribution is -0.119. The molecule has 1 fully saturated rings. The molecule has 0 saturated carbocycles.